The summed E-state index contributed by atoms with van der Waals surface area (Å²) in [6, 6.07) is 0. The molecule has 2 saturated heterocycles. The number of rotatable bonds is 5. The average molecular weight is 312 g/mol. The van der Waals surface area contributed by atoms with E-state index in [2.05, 4.69) is 0 Å². The van der Waals surface area contributed by atoms with Crippen molar-refractivity contribution in [2.75, 3.05) is 14.1 Å². The van der Waals surface area contributed by atoms with Crippen LogP contribution in [0.2, 0.25) is 0 Å². The second-order valence-electron chi connectivity index (χ2n) is 7.27. The van der Waals surface area contributed by atoms with Crippen molar-refractivity contribution in [3.05, 3.63) is 12.2 Å². The molecule has 2 aliphatic rings. The molecule has 0 radical (unpaired) electrons. The Bertz CT molecular complexity index is 489. The second kappa shape index (κ2) is 5.41. The van der Waals surface area contributed by atoms with Crippen LogP contribution in [-0.4, -0.2) is 58.2 Å². The average Bonchev–Trinajstić information content (AvgIpc) is 2.53. The van der Waals surface area contributed by atoms with Crippen molar-refractivity contribution in [1.82, 2.24) is 0 Å². The van der Waals surface area contributed by atoms with Gasteiger partial charge in [-0.1, -0.05) is 26.0 Å². The third-order valence-electron chi connectivity index (χ3n) is 6.15. The second-order valence-corrected chi connectivity index (χ2v) is 7.27. The molecule has 2 N–H and O–H groups in total. The smallest absolute Gasteiger partial charge is 0.320 e. The predicted octanol–water partition coefficient (Wildman–Crippen LogP) is 1.44. The Morgan fingerprint density at radius 3 is 2.41 bits per heavy atom. The normalized spacial score (nSPS) is 43.0. The lowest BCUT2D eigenvalue weighted by Crippen LogP contribution is -2.85. The monoisotopic (exact) mass is 312 g/mol. The van der Waals surface area contributed by atoms with Gasteiger partial charge >= 0.3 is 5.91 Å². The van der Waals surface area contributed by atoms with Crippen LogP contribution in [0.15, 0.2) is 12.2 Å². The first-order valence-electron chi connectivity index (χ1n) is 8.21. The van der Waals surface area contributed by atoms with E-state index in [-0.39, 0.29) is 22.2 Å². The van der Waals surface area contributed by atoms with Crippen LogP contribution in [0.1, 0.15) is 40.5 Å². The van der Waals surface area contributed by atoms with Crippen molar-refractivity contribution >= 4 is 5.91 Å². The molecule has 2 rings (SSSR count). The summed E-state index contributed by atoms with van der Waals surface area (Å²) >= 11 is 0. The zero-order valence-corrected chi connectivity index (χ0v) is 14.5. The van der Waals surface area contributed by atoms with E-state index in [1.165, 1.54) is 0 Å². The van der Waals surface area contributed by atoms with Crippen LogP contribution >= 0.6 is 0 Å². The maximum absolute atomic E-state index is 12.7. The fourth-order valence-corrected chi connectivity index (χ4v) is 4.66. The summed E-state index contributed by atoms with van der Waals surface area (Å²) in [6.07, 6.45) is 3.67. The first-order valence-corrected chi connectivity index (χ1v) is 8.21. The van der Waals surface area contributed by atoms with Gasteiger partial charge in [-0.2, -0.15) is 0 Å². The van der Waals surface area contributed by atoms with E-state index in [4.69, 9.17) is 4.74 Å². The number of fused-ring (bicyclic) bond motifs is 1. The minimum Gasteiger partial charge on any atom is -0.386 e. The van der Waals surface area contributed by atoms with Crippen LogP contribution in [0.25, 0.3) is 0 Å². The van der Waals surface area contributed by atoms with Crippen LogP contribution in [0.3, 0.4) is 0 Å². The number of aliphatic hydroxyl groups excluding tert-OH is 2. The number of carbonyl (C=O) groups is 1. The third kappa shape index (κ3) is 1.77. The Kier molecular flexibility index (Phi) is 4.33. The number of likely N-dealkylation sites (tertiary alicyclic amines) is 1. The highest BCUT2D eigenvalue weighted by molar-refractivity contribution is 5.78. The van der Waals surface area contributed by atoms with E-state index in [1.807, 2.05) is 39.8 Å². The molecule has 0 bridgehead atoms. The predicted molar refractivity (Wildman–Crippen MR) is 83.7 cm³/mol. The van der Waals surface area contributed by atoms with Crippen LogP contribution < -0.4 is 0 Å². The van der Waals surface area contributed by atoms with Gasteiger partial charge in [-0.3, -0.25) is 4.48 Å². The molecule has 0 aromatic carbocycles. The molecule has 0 aliphatic carbocycles. The summed E-state index contributed by atoms with van der Waals surface area (Å²) in [5.41, 5.74) is -1.87. The largest absolute Gasteiger partial charge is 0.386 e. The van der Waals surface area contributed by atoms with Crippen LogP contribution in [0.4, 0.5) is 0 Å². The molecule has 2 aliphatic heterocycles. The van der Waals surface area contributed by atoms with Gasteiger partial charge in [0.05, 0.1) is 14.1 Å². The highest BCUT2D eigenvalue weighted by Gasteiger charge is 2.86. The number of hydrogen-bond donors (Lipinski definition) is 2. The summed E-state index contributed by atoms with van der Waals surface area (Å²) in [4.78, 5) is 12.7. The molecule has 1 unspecified atom stereocenters. The third-order valence-corrected chi connectivity index (χ3v) is 6.15. The van der Waals surface area contributed by atoms with Gasteiger partial charge in [0.15, 0.2) is 0 Å². The molecule has 2 fully saturated rings. The minimum atomic E-state index is -1.14. The number of ether oxygens (including phenoxy) is 1. The summed E-state index contributed by atoms with van der Waals surface area (Å²) in [6.45, 7) is 7.72. The molecule has 0 aromatic rings. The lowest BCUT2D eigenvalue weighted by atomic mass is 9.64. The fraction of sp³-hybridized carbons (Fsp3) is 0.824. The summed E-state index contributed by atoms with van der Waals surface area (Å²) < 4.78 is 5.58. The lowest BCUT2D eigenvalue weighted by Gasteiger charge is -2.61. The molecular weight excluding hydrogens is 282 g/mol. The Balaban J connectivity index is 2.53. The van der Waals surface area contributed by atoms with Crippen molar-refractivity contribution in [3.8, 4) is 0 Å². The lowest BCUT2D eigenvalue weighted by molar-refractivity contribution is -0.900. The first-order chi connectivity index (χ1) is 10.1. The van der Waals surface area contributed by atoms with Crippen molar-refractivity contribution in [2.45, 2.75) is 64.1 Å². The zero-order chi connectivity index (χ0) is 16.9. The molecule has 22 heavy (non-hydrogen) atoms. The number of aliphatic hydroxyl groups is 2. The van der Waals surface area contributed by atoms with E-state index in [0.29, 0.717) is 0 Å². The first kappa shape index (κ1) is 17.6. The molecule has 6 atom stereocenters. The number of allylic oxidation sites excluding steroid dienone is 1. The number of nitrogens with zero attached hydrogens (tertiary/aromatic N) is 1. The topological polar surface area (TPSA) is 66.8 Å². The van der Waals surface area contributed by atoms with Crippen LogP contribution in [0.5, 0.6) is 0 Å². The standard InChI is InChI=1S/C17H30NO4/c1-7-9-10-12(8-2)13(19)17-15(21)22-16(17,4)11(3)14(20)18(17,5)6/h9-13,15,19,21H,7-8H2,1-6H3/q+1/b10-9-/t11-,12-,13-,15?,16-,17-/m0/s1. The number of likely N-dealkylation sites (N-methyl/N-ethyl adjacent to an activating group) is 1. The Morgan fingerprint density at radius 1 is 1.41 bits per heavy atom. The quantitative estimate of drug-likeness (QED) is 0.595. The van der Waals surface area contributed by atoms with Gasteiger partial charge in [-0.15, -0.1) is 0 Å². The van der Waals surface area contributed by atoms with Crippen LogP contribution in [0, 0.1) is 11.8 Å². The van der Waals surface area contributed by atoms with Gasteiger partial charge in [0, 0.05) is 5.92 Å². The minimum absolute atomic E-state index is 0.00701. The molecule has 2 heterocycles. The molecule has 0 aromatic heterocycles. The van der Waals surface area contributed by atoms with Crippen molar-refractivity contribution < 1.29 is 24.2 Å². The Morgan fingerprint density at radius 2 is 2.00 bits per heavy atom. The van der Waals surface area contributed by atoms with Gasteiger partial charge in [0.1, 0.15) is 17.6 Å². The molecule has 126 valence electrons. The van der Waals surface area contributed by atoms with Gasteiger partial charge in [0.2, 0.25) is 11.8 Å². The summed E-state index contributed by atoms with van der Waals surface area (Å²) in [7, 11) is 3.55. The van der Waals surface area contributed by atoms with E-state index in [1.54, 1.807) is 14.1 Å². The van der Waals surface area contributed by atoms with E-state index in [9.17, 15) is 15.0 Å². The van der Waals surface area contributed by atoms with E-state index >= 15 is 0 Å². The number of amides is 1. The van der Waals surface area contributed by atoms with Gasteiger partial charge < -0.3 is 14.9 Å². The molecule has 5 heteroatoms. The van der Waals surface area contributed by atoms with Gasteiger partial charge in [-0.25, -0.2) is 4.79 Å². The molecule has 0 saturated carbocycles. The maximum atomic E-state index is 12.7. The number of hydrogen-bond acceptors (Lipinski definition) is 4. The molecule has 5 nitrogen and oxygen atoms in total. The Hall–Kier alpha value is -0.750. The highest BCUT2D eigenvalue weighted by Crippen LogP contribution is 2.61. The summed E-state index contributed by atoms with van der Waals surface area (Å²) in [5, 5.41) is 21.6. The van der Waals surface area contributed by atoms with E-state index in [0.717, 1.165) is 12.8 Å². The van der Waals surface area contributed by atoms with Crippen molar-refractivity contribution in [1.29, 1.82) is 0 Å². The zero-order valence-electron chi connectivity index (χ0n) is 14.5. The summed E-state index contributed by atoms with van der Waals surface area (Å²) in [5.74, 6) is -0.492. The molecular formula is C17H30NO4+. The molecule has 1 amide bonds. The fourth-order valence-electron chi connectivity index (χ4n) is 4.66. The number of carbonyl (C=O) groups excluding carboxylic acids is 1. The van der Waals surface area contributed by atoms with Crippen LogP contribution in [-0.2, 0) is 9.53 Å². The Labute approximate surface area is 133 Å². The van der Waals surface area contributed by atoms with Crippen molar-refractivity contribution in [3.63, 3.8) is 0 Å². The number of quaternary nitrogens is 1. The SMILES string of the molecule is CC/C=C\[C@H](CC)[C@H](O)[C@]12C(O)O[C@@]1(C)[C@@H](C)C(=O)[N+]2(C)C. The van der Waals surface area contributed by atoms with Gasteiger partial charge in [-0.05, 0) is 26.7 Å². The van der Waals surface area contributed by atoms with Gasteiger partial charge in [0.25, 0.3) is 0 Å². The van der Waals surface area contributed by atoms with E-state index < -0.39 is 23.5 Å². The van der Waals surface area contributed by atoms with Crippen molar-refractivity contribution in [2.24, 2.45) is 11.8 Å². The highest BCUT2D eigenvalue weighted by atomic mass is 16.7. The molecule has 0 spiro atoms. The maximum Gasteiger partial charge on any atom is 0.320 e.